The number of methoxy groups -OCH3 is 2. The summed E-state index contributed by atoms with van der Waals surface area (Å²) in [6.45, 7) is 0. The first-order chi connectivity index (χ1) is 17.5. The highest BCUT2D eigenvalue weighted by atomic mass is 32.1. The lowest BCUT2D eigenvalue weighted by molar-refractivity contribution is -0.127. The molecule has 0 unspecified atom stereocenters. The Morgan fingerprint density at radius 3 is 2.28 bits per heavy atom. The Balaban J connectivity index is 1.80. The van der Waals surface area contributed by atoms with Crippen LogP contribution in [0.15, 0.2) is 60.0 Å². The molecular weight excluding hydrogens is 479 g/mol. The van der Waals surface area contributed by atoms with Gasteiger partial charge in [-0.2, -0.15) is 0 Å². The van der Waals surface area contributed by atoms with Crippen LogP contribution in [0.1, 0.15) is 48.6 Å². The minimum atomic E-state index is -1.00. The number of hydrogen-bond acceptors (Lipinski definition) is 5. The Labute approximate surface area is 215 Å². The Bertz CT molecular complexity index is 1140. The predicted octanol–water partition coefficient (Wildman–Crippen LogP) is 5.67. The van der Waals surface area contributed by atoms with E-state index >= 15 is 0 Å². The largest absolute Gasteiger partial charge is 0.497 e. The first kappa shape index (κ1) is 25.7. The summed E-state index contributed by atoms with van der Waals surface area (Å²) in [7, 11) is 3.06. The number of amides is 2. The number of nitrogens with one attached hydrogen (secondary N) is 1. The summed E-state index contributed by atoms with van der Waals surface area (Å²) in [4.78, 5) is 30.1. The minimum Gasteiger partial charge on any atom is -0.497 e. The van der Waals surface area contributed by atoms with Crippen molar-refractivity contribution in [1.82, 2.24) is 5.32 Å². The molecule has 190 valence electrons. The van der Waals surface area contributed by atoms with Crippen molar-refractivity contribution in [3.8, 4) is 11.5 Å². The van der Waals surface area contributed by atoms with Gasteiger partial charge in [0.15, 0.2) is 0 Å². The highest BCUT2D eigenvalue weighted by Crippen LogP contribution is 2.35. The van der Waals surface area contributed by atoms with E-state index in [-0.39, 0.29) is 24.3 Å². The molecule has 2 amide bonds. The van der Waals surface area contributed by atoms with Crippen molar-refractivity contribution in [3.05, 3.63) is 76.2 Å². The molecule has 1 atom stereocenters. The average Bonchev–Trinajstić information content (AvgIpc) is 3.41. The SMILES string of the molecule is COc1cc(OC)cc(N(C(=O)Cc2cccs2)[C@H](C(=O)NC2CCCCC2)c2ccc(F)cc2)c1. The van der Waals surface area contributed by atoms with E-state index in [2.05, 4.69) is 5.32 Å². The van der Waals surface area contributed by atoms with Crippen LogP contribution in [-0.4, -0.2) is 32.1 Å². The number of ether oxygens (including phenoxy) is 2. The quantitative estimate of drug-likeness (QED) is 0.403. The van der Waals surface area contributed by atoms with Crippen LogP contribution in [-0.2, 0) is 16.0 Å². The second kappa shape index (κ2) is 12.0. The fourth-order valence-electron chi connectivity index (χ4n) is 4.61. The molecule has 1 N–H and O–H groups in total. The van der Waals surface area contributed by atoms with E-state index in [9.17, 15) is 14.0 Å². The van der Waals surface area contributed by atoms with Crippen molar-refractivity contribution in [1.29, 1.82) is 0 Å². The normalized spacial score (nSPS) is 14.6. The van der Waals surface area contributed by atoms with E-state index < -0.39 is 11.9 Å². The van der Waals surface area contributed by atoms with Crippen molar-refractivity contribution in [2.24, 2.45) is 0 Å². The highest BCUT2D eigenvalue weighted by Gasteiger charge is 2.34. The minimum absolute atomic E-state index is 0.0447. The van der Waals surface area contributed by atoms with Crippen LogP contribution < -0.4 is 19.7 Å². The van der Waals surface area contributed by atoms with E-state index in [0.717, 1.165) is 37.0 Å². The number of rotatable bonds is 9. The van der Waals surface area contributed by atoms with Gasteiger partial charge in [0.25, 0.3) is 0 Å². The van der Waals surface area contributed by atoms with Gasteiger partial charge in [-0.3, -0.25) is 14.5 Å². The number of carbonyl (C=O) groups is 2. The maximum absolute atomic E-state index is 13.9. The molecule has 1 saturated carbocycles. The molecule has 1 aliphatic carbocycles. The van der Waals surface area contributed by atoms with Crippen LogP contribution in [0.25, 0.3) is 0 Å². The van der Waals surface area contributed by atoms with E-state index in [1.807, 2.05) is 17.5 Å². The molecule has 0 aliphatic heterocycles. The lowest BCUT2D eigenvalue weighted by Gasteiger charge is -2.34. The van der Waals surface area contributed by atoms with Gasteiger partial charge in [-0.05, 0) is 42.0 Å². The summed E-state index contributed by atoms with van der Waals surface area (Å²) in [6.07, 6.45) is 5.19. The Morgan fingerprint density at radius 1 is 1.03 bits per heavy atom. The summed E-state index contributed by atoms with van der Waals surface area (Å²) in [6, 6.07) is 13.7. The van der Waals surface area contributed by atoms with Gasteiger partial charge in [0.05, 0.1) is 26.3 Å². The number of thiophene rings is 1. The number of nitrogens with zero attached hydrogens (tertiary/aromatic N) is 1. The van der Waals surface area contributed by atoms with Gasteiger partial charge in [0, 0.05) is 29.1 Å². The number of benzene rings is 2. The van der Waals surface area contributed by atoms with Crippen LogP contribution >= 0.6 is 11.3 Å². The first-order valence-electron chi connectivity index (χ1n) is 12.1. The molecule has 0 saturated heterocycles. The third-order valence-electron chi connectivity index (χ3n) is 6.43. The van der Waals surface area contributed by atoms with Crippen LogP contribution in [0.4, 0.5) is 10.1 Å². The second-order valence-electron chi connectivity index (χ2n) is 8.89. The molecule has 8 heteroatoms. The first-order valence-corrected chi connectivity index (χ1v) is 13.0. The van der Waals surface area contributed by atoms with E-state index in [4.69, 9.17) is 9.47 Å². The molecule has 6 nitrogen and oxygen atoms in total. The number of halogens is 1. The van der Waals surface area contributed by atoms with Gasteiger partial charge in [-0.25, -0.2) is 4.39 Å². The summed E-state index contributed by atoms with van der Waals surface area (Å²) >= 11 is 1.48. The second-order valence-corrected chi connectivity index (χ2v) is 9.92. The van der Waals surface area contributed by atoms with Crippen molar-refractivity contribution in [2.75, 3.05) is 19.1 Å². The van der Waals surface area contributed by atoms with Gasteiger partial charge in [-0.1, -0.05) is 37.5 Å². The third-order valence-corrected chi connectivity index (χ3v) is 7.31. The monoisotopic (exact) mass is 510 g/mol. The average molecular weight is 511 g/mol. The number of carbonyl (C=O) groups excluding carboxylic acids is 2. The molecular formula is C28H31FN2O4S. The molecule has 36 heavy (non-hydrogen) atoms. The molecule has 0 bridgehead atoms. The van der Waals surface area contributed by atoms with Crippen LogP contribution in [0.2, 0.25) is 0 Å². The van der Waals surface area contributed by atoms with E-state index in [1.165, 1.54) is 42.6 Å². The van der Waals surface area contributed by atoms with Gasteiger partial charge in [0.2, 0.25) is 11.8 Å². The summed E-state index contributed by atoms with van der Waals surface area (Å²) in [5, 5.41) is 5.08. The fourth-order valence-corrected chi connectivity index (χ4v) is 5.30. The highest BCUT2D eigenvalue weighted by molar-refractivity contribution is 7.10. The smallest absolute Gasteiger partial charge is 0.248 e. The molecule has 1 aliphatic rings. The van der Waals surface area contributed by atoms with Crippen molar-refractivity contribution < 1.29 is 23.5 Å². The Morgan fingerprint density at radius 2 is 1.69 bits per heavy atom. The van der Waals surface area contributed by atoms with Gasteiger partial charge < -0.3 is 14.8 Å². The summed E-state index contributed by atoms with van der Waals surface area (Å²) < 4.78 is 24.7. The molecule has 1 heterocycles. The van der Waals surface area contributed by atoms with E-state index in [1.54, 1.807) is 30.3 Å². The Kier molecular flexibility index (Phi) is 8.59. The molecule has 2 aromatic carbocycles. The molecule has 1 fully saturated rings. The summed E-state index contributed by atoms with van der Waals surface area (Å²) in [5.74, 6) is 0.00744. The predicted molar refractivity (Wildman–Crippen MR) is 139 cm³/mol. The molecule has 3 aromatic rings. The fraction of sp³-hybridized carbons (Fsp3) is 0.357. The van der Waals surface area contributed by atoms with Gasteiger partial charge >= 0.3 is 0 Å². The van der Waals surface area contributed by atoms with Crippen LogP contribution in [0.3, 0.4) is 0 Å². The molecule has 0 radical (unpaired) electrons. The van der Waals surface area contributed by atoms with Crippen LogP contribution in [0.5, 0.6) is 11.5 Å². The Hall–Kier alpha value is -3.39. The van der Waals surface area contributed by atoms with Crippen molar-refractivity contribution >= 4 is 28.8 Å². The zero-order valence-corrected chi connectivity index (χ0v) is 21.4. The standard InChI is InChI=1S/C28H31FN2O4S/c1-34-23-15-22(16-24(17-23)35-2)31(26(32)18-25-9-6-14-36-25)27(19-10-12-20(29)13-11-19)28(33)30-21-7-4-3-5-8-21/h6,9-17,21,27H,3-5,7-8,18H2,1-2H3,(H,30,33)/t27-/m0/s1. The van der Waals surface area contributed by atoms with Gasteiger partial charge in [0.1, 0.15) is 23.4 Å². The summed E-state index contributed by atoms with van der Waals surface area (Å²) in [5.41, 5.74) is 0.979. The third kappa shape index (κ3) is 6.23. The molecule has 0 spiro atoms. The zero-order chi connectivity index (χ0) is 25.5. The number of hydrogen-bond donors (Lipinski definition) is 1. The maximum Gasteiger partial charge on any atom is 0.248 e. The zero-order valence-electron chi connectivity index (χ0n) is 20.5. The van der Waals surface area contributed by atoms with Crippen LogP contribution in [0, 0.1) is 5.82 Å². The lowest BCUT2D eigenvalue weighted by atomic mass is 9.94. The molecule has 1 aromatic heterocycles. The maximum atomic E-state index is 13.9. The lowest BCUT2D eigenvalue weighted by Crippen LogP contribution is -2.47. The van der Waals surface area contributed by atoms with Crippen molar-refractivity contribution in [2.45, 2.75) is 50.6 Å². The number of anilines is 1. The molecule has 4 rings (SSSR count). The topological polar surface area (TPSA) is 67.9 Å². The van der Waals surface area contributed by atoms with Crippen molar-refractivity contribution in [3.63, 3.8) is 0 Å². The van der Waals surface area contributed by atoms with E-state index in [0.29, 0.717) is 22.7 Å². The van der Waals surface area contributed by atoms with Gasteiger partial charge in [-0.15, -0.1) is 11.3 Å².